The fourth-order valence-electron chi connectivity index (χ4n) is 1.16. The van der Waals surface area contributed by atoms with Crippen molar-refractivity contribution in [1.82, 2.24) is 0 Å². The third-order valence-electron chi connectivity index (χ3n) is 1.86. The van der Waals surface area contributed by atoms with Crippen molar-refractivity contribution < 1.29 is 9.47 Å². The molecule has 1 heterocycles. The van der Waals surface area contributed by atoms with Gasteiger partial charge in [0.15, 0.2) is 0 Å². The summed E-state index contributed by atoms with van der Waals surface area (Å²) in [6.07, 6.45) is 5.15. The minimum atomic E-state index is 0.620. The molecule has 1 rings (SSSR count). The van der Waals surface area contributed by atoms with Crippen molar-refractivity contribution in [2.45, 2.75) is 6.42 Å². The maximum Gasteiger partial charge on any atom is 0.0647 e. The Morgan fingerprint density at radius 2 is 2.42 bits per heavy atom. The van der Waals surface area contributed by atoms with Crippen LogP contribution >= 0.6 is 12.6 Å². The Labute approximate surface area is 79.3 Å². The zero-order valence-electron chi connectivity index (χ0n) is 7.24. The SMILES string of the molecule is SCC=CCOCC1CCOC1. The van der Waals surface area contributed by atoms with Gasteiger partial charge in [-0.05, 0) is 6.42 Å². The van der Waals surface area contributed by atoms with Crippen molar-refractivity contribution in [3.05, 3.63) is 12.2 Å². The lowest BCUT2D eigenvalue weighted by molar-refractivity contribution is 0.108. The summed E-state index contributed by atoms with van der Waals surface area (Å²) in [5.74, 6) is 1.41. The molecule has 1 fully saturated rings. The first kappa shape index (κ1) is 10.1. The van der Waals surface area contributed by atoms with E-state index in [4.69, 9.17) is 9.47 Å². The van der Waals surface area contributed by atoms with E-state index in [9.17, 15) is 0 Å². The summed E-state index contributed by atoms with van der Waals surface area (Å²) in [6.45, 7) is 3.31. The van der Waals surface area contributed by atoms with E-state index in [1.54, 1.807) is 0 Å². The quantitative estimate of drug-likeness (QED) is 0.401. The van der Waals surface area contributed by atoms with Crippen molar-refractivity contribution in [1.29, 1.82) is 0 Å². The van der Waals surface area contributed by atoms with Crippen LogP contribution in [0.1, 0.15) is 6.42 Å². The lowest BCUT2D eigenvalue weighted by Gasteiger charge is -2.05. The maximum absolute atomic E-state index is 5.42. The molecule has 1 saturated heterocycles. The number of thiol groups is 1. The topological polar surface area (TPSA) is 18.5 Å². The van der Waals surface area contributed by atoms with Crippen LogP contribution in [0.25, 0.3) is 0 Å². The smallest absolute Gasteiger partial charge is 0.0647 e. The van der Waals surface area contributed by atoms with Crippen molar-refractivity contribution in [2.24, 2.45) is 5.92 Å². The standard InChI is InChI=1S/C9H16O2S/c12-6-2-1-4-10-7-9-3-5-11-8-9/h1-2,9,12H,3-8H2. The molecule has 0 aromatic rings. The van der Waals surface area contributed by atoms with Crippen LogP contribution in [0.2, 0.25) is 0 Å². The molecular formula is C9H16O2S. The molecule has 0 aliphatic carbocycles. The van der Waals surface area contributed by atoms with E-state index in [1.165, 1.54) is 0 Å². The van der Waals surface area contributed by atoms with Gasteiger partial charge in [0.1, 0.15) is 0 Å². The second-order valence-electron chi connectivity index (χ2n) is 2.92. The highest BCUT2D eigenvalue weighted by Crippen LogP contribution is 2.11. The van der Waals surface area contributed by atoms with Gasteiger partial charge < -0.3 is 9.47 Å². The zero-order valence-corrected chi connectivity index (χ0v) is 8.13. The van der Waals surface area contributed by atoms with Crippen LogP contribution in [0, 0.1) is 5.92 Å². The van der Waals surface area contributed by atoms with Crippen LogP contribution in [-0.4, -0.2) is 32.2 Å². The number of ether oxygens (including phenoxy) is 2. The van der Waals surface area contributed by atoms with Gasteiger partial charge in [-0.1, -0.05) is 12.2 Å². The Hall–Kier alpha value is 0.01000. The molecule has 2 nitrogen and oxygen atoms in total. The monoisotopic (exact) mass is 188 g/mol. The van der Waals surface area contributed by atoms with Crippen LogP contribution < -0.4 is 0 Å². The molecule has 0 aromatic heterocycles. The minimum Gasteiger partial charge on any atom is -0.381 e. The molecule has 12 heavy (non-hydrogen) atoms. The highest BCUT2D eigenvalue weighted by molar-refractivity contribution is 7.80. The third kappa shape index (κ3) is 4.14. The molecule has 1 aliphatic heterocycles. The molecule has 0 spiro atoms. The van der Waals surface area contributed by atoms with Crippen molar-refractivity contribution in [3.63, 3.8) is 0 Å². The van der Waals surface area contributed by atoms with Crippen molar-refractivity contribution >= 4 is 12.6 Å². The van der Waals surface area contributed by atoms with E-state index in [0.717, 1.165) is 32.0 Å². The van der Waals surface area contributed by atoms with E-state index in [2.05, 4.69) is 12.6 Å². The third-order valence-corrected chi connectivity index (χ3v) is 2.07. The van der Waals surface area contributed by atoms with E-state index < -0.39 is 0 Å². The predicted molar refractivity (Wildman–Crippen MR) is 52.7 cm³/mol. The number of hydrogen-bond acceptors (Lipinski definition) is 3. The second-order valence-corrected chi connectivity index (χ2v) is 3.29. The highest BCUT2D eigenvalue weighted by atomic mass is 32.1. The van der Waals surface area contributed by atoms with E-state index in [1.807, 2.05) is 12.2 Å². The largest absolute Gasteiger partial charge is 0.381 e. The first-order chi connectivity index (χ1) is 5.93. The lowest BCUT2D eigenvalue weighted by atomic mass is 10.1. The molecule has 1 aliphatic rings. The van der Waals surface area contributed by atoms with E-state index >= 15 is 0 Å². The molecule has 1 atom stereocenters. The van der Waals surface area contributed by atoms with Crippen LogP contribution in [0.15, 0.2) is 12.2 Å². The van der Waals surface area contributed by atoms with E-state index in [0.29, 0.717) is 12.5 Å². The van der Waals surface area contributed by atoms with E-state index in [-0.39, 0.29) is 0 Å². The molecule has 0 amide bonds. The van der Waals surface area contributed by atoms with Gasteiger partial charge in [-0.2, -0.15) is 12.6 Å². The maximum atomic E-state index is 5.42. The van der Waals surface area contributed by atoms with Gasteiger partial charge in [-0.15, -0.1) is 0 Å². The number of hydrogen-bond donors (Lipinski definition) is 1. The van der Waals surface area contributed by atoms with Gasteiger partial charge in [0, 0.05) is 18.3 Å². The van der Waals surface area contributed by atoms with Gasteiger partial charge in [0.25, 0.3) is 0 Å². The summed E-state index contributed by atoms with van der Waals surface area (Å²) in [5, 5.41) is 0. The number of rotatable bonds is 5. The Kier molecular flexibility index (Phi) is 5.48. The Morgan fingerprint density at radius 3 is 3.08 bits per heavy atom. The zero-order chi connectivity index (χ0) is 8.65. The Bertz CT molecular complexity index is 130. The summed E-state index contributed by atoms with van der Waals surface area (Å²) in [6, 6.07) is 0. The van der Waals surface area contributed by atoms with Crippen LogP contribution in [0.3, 0.4) is 0 Å². The molecule has 3 heteroatoms. The summed E-state index contributed by atoms with van der Waals surface area (Å²) in [4.78, 5) is 0. The Balaban J connectivity index is 1.91. The van der Waals surface area contributed by atoms with Gasteiger partial charge >= 0.3 is 0 Å². The van der Waals surface area contributed by atoms with Gasteiger partial charge in [0.2, 0.25) is 0 Å². The fourth-order valence-corrected chi connectivity index (χ4v) is 1.31. The molecule has 1 unspecified atom stereocenters. The lowest BCUT2D eigenvalue weighted by Crippen LogP contribution is -2.09. The van der Waals surface area contributed by atoms with Crippen LogP contribution in [0.4, 0.5) is 0 Å². The van der Waals surface area contributed by atoms with Crippen LogP contribution in [-0.2, 0) is 9.47 Å². The summed E-state index contributed by atoms with van der Waals surface area (Å²) in [7, 11) is 0. The molecular weight excluding hydrogens is 172 g/mol. The summed E-state index contributed by atoms with van der Waals surface area (Å²) in [5.41, 5.74) is 0. The van der Waals surface area contributed by atoms with Gasteiger partial charge in [-0.25, -0.2) is 0 Å². The molecule has 70 valence electrons. The second kappa shape index (κ2) is 6.52. The average molecular weight is 188 g/mol. The fraction of sp³-hybridized carbons (Fsp3) is 0.778. The normalized spacial score (nSPS) is 23.9. The molecule has 0 saturated carbocycles. The molecule has 0 N–H and O–H groups in total. The Morgan fingerprint density at radius 1 is 1.50 bits per heavy atom. The molecule has 0 radical (unpaired) electrons. The predicted octanol–water partition coefficient (Wildman–Crippen LogP) is 1.53. The van der Waals surface area contributed by atoms with Crippen molar-refractivity contribution in [3.8, 4) is 0 Å². The van der Waals surface area contributed by atoms with Gasteiger partial charge in [-0.3, -0.25) is 0 Å². The molecule has 0 aromatic carbocycles. The summed E-state index contributed by atoms with van der Waals surface area (Å²) >= 11 is 4.05. The average Bonchev–Trinajstić information content (AvgIpc) is 2.57. The first-order valence-corrected chi connectivity index (χ1v) is 4.98. The van der Waals surface area contributed by atoms with Gasteiger partial charge in [0.05, 0.1) is 19.8 Å². The van der Waals surface area contributed by atoms with Crippen molar-refractivity contribution in [2.75, 3.05) is 32.2 Å². The van der Waals surface area contributed by atoms with Crippen LogP contribution in [0.5, 0.6) is 0 Å². The minimum absolute atomic E-state index is 0.620. The summed E-state index contributed by atoms with van der Waals surface area (Å²) < 4.78 is 10.6. The highest BCUT2D eigenvalue weighted by Gasteiger charge is 2.14. The molecule has 0 bridgehead atoms. The first-order valence-electron chi connectivity index (χ1n) is 4.35.